The van der Waals surface area contributed by atoms with Gasteiger partial charge < -0.3 is 10.1 Å². The molecular formula is C26H20Cl2N2O3S2. The lowest BCUT2D eigenvalue weighted by molar-refractivity contribution is -0.118. The van der Waals surface area contributed by atoms with Gasteiger partial charge in [0.2, 0.25) is 0 Å². The minimum atomic E-state index is -0.291. The number of rotatable bonds is 7. The Morgan fingerprint density at radius 3 is 2.46 bits per heavy atom. The first-order valence-corrected chi connectivity index (χ1v) is 12.7. The summed E-state index contributed by atoms with van der Waals surface area (Å²) in [6.45, 7) is 1.89. The molecule has 1 saturated heterocycles. The van der Waals surface area contributed by atoms with Gasteiger partial charge in [0.15, 0.2) is 10.9 Å². The molecule has 1 heterocycles. The van der Waals surface area contributed by atoms with Gasteiger partial charge in [-0.15, -0.1) is 0 Å². The largest absolute Gasteiger partial charge is 0.482 e. The third-order valence-electron chi connectivity index (χ3n) is 5.14. The molecule has 1 N–H and O–H groups in total. The second-order valence-corrected chi connectivity index (χ2v) is 10.1. The maximum Gasteiger partial charge on any atom is 0.270 e. The van der Waals surface area contributed by atoms with Gasteiger partial charge in [-0.3, -0.25) is 14.5 Å². The molecule has 3 aromatic carbocycles. The molecule has 1 aliphatic heterocycles. The summed E-state index contributed by atoms with van der Waals surface area (Å²) in [5, 5.41) is 3.70. The number of nitrogens with zero attached hydrogens (tertiary/aromatic N) is 1. The van der Waals surface area contributed by atoms with Crippen LogP contribution in [0, 0.1) is 0 Å². The van der Waals surface area contributed by atoms with E-state index in [9.17, 15) is 9.59 Å². The second kappa shape index (κ2) is 11.3. The molecule has 4 rings (SSSR count). The summed E-state index contributed by atoms with van der Waals surface area (Å²) in [5.41, 5.74) is 3.26. The molecular weight excluding hydrogens is 523 g/mol. The van der Waals surface area contributed by atoms with Crippen LogP contribution in [-0.4, -0.2) is 22.7 Å². The van der Waals surface area contributed by atoms with Crippen LogP contribution in [0.4, 0.5) is 11.4 Å². The van der Waals surface area contributed by atoms with E-state index in [0.717, 1.165) is 6.42 Å². The number of benzene rings is 3. The number of halogens is 2. The number of hydrogen-bond acceptors (Lipinski definition) is 5. The molecule has 0 spiro atoms. The van der Waals surface area contributed by atoms with E-state index in [1.165, 1.54) is 22.2 Å². The Bertz CT molecular complexity index is 1310. The summed E-state index contributed by atoms with van der Waals surface area (Å²) in [4.78, 5) is 27.1. The second-order valence-electron chi connectivity index (χ2n) is 7.57. The number of aryl methyl sites for hydroxylation is 1. The van der Waals surface area contributed by atoms with Crippen molar-refractivity contribution >= 4 is 80.8 Å². The zero-order chi connectivity index (χ0) is 24.9. The van der Waals surface area contributed by atoms with Crippen molar-refractivity contribution in [2.45, 2.75) is 13.3 Å². The summed E-state index contributed by atoms with van der Waals surface area (Å²) in [6.07, 6.45) is 2.65. The maximum atomic E-state index is 12.9. The standard InChI is InChI=1S/C26H20Cl2N2O3S2/c1-2-16-3-8-19(9-4-16)29-24(31)15-33-22-12-5-17(13-21(22)28)14-23-25(32)30(26(34)35-23)20-10-6-18(27)7-11-20/h3-14H,2,15H2,1H3,(H,29,31)/b23-14-. The highest BCUT2D eigenvalue weighted by Crippen LogP contribution is 2.37. The lowest BCUT2D eigenvalue weighted by Crippen LogP contribution is -2.27. The molecule has 0 aromatic heterocycles. The van der Waals surface area contributed by atoms with Gasteiger partial charge in [-0.25, -0.2) is 0 Å². The Hall–Kier alpha value is -2.84. The number of nitrogens with one attached hydrogen (secondary N) is 1. The van der Waals surface area contributed by atoms with Gasteiger partial charge >= 0.3 is 0 Å². The molecule has 0 unspecified atom stereocenters. The smallest absolute Gasteiger partial charge is 0.270 e. The average molecular weight is 543 g/mol. The number of carbonyl (C=O) groups is 2. The van der Waals surface area contributed by atoms with Crippen LogP contribution in [0.15, 0.2) is 71.6 Å². The Balaban J connectivity index is 1.39. The Morgan fingerprint density at radius 2 is 1.80 bits per heavy atom. The van der Waals surface area contributed by atoms with E-state index in [1.807, 2.05) is 24.3 Å². The first kappa shape index (κ1) is 25.3. The third kappa shape index (κ3) is 6.24. The summed E-state index contributed by atoms with van der Waals surface area (Å²) in [6, 6.07) is 19.7. The van der Waals surface area contributed by atoms with Crippen molar-refractivity contribution in [1.29, 1.82) is 0 Å². The molecule has 35 heavy (non-hydrogen) atoms. The fourth-order valence-electron chi connectivity index (χ4n) is 3.32. The number of carbonyl (C=O) groups excluding carboxylic acids is 2. The molecule has 178 valence electrons. The van der Waals surface area contributed by atoms with E-state index < -0.39 is 0 Å². The highest BCUT2D eigenvalue weighted by molar-refractivity contribution is 8.27. The van der Waals surface area contributed by atoms with E-state index in [4.69, 9.17) is 40.2 Å². The van der Waals surface area contributed by atoms with Gasteiger partial charge in [0, 0.05) is 10.7 Å². The van der Waals surface area contributed by atoms with E-state index in [0.29, 0.717) is 42.0 Å². The van der Waals surface area contributed by atoms with Gasteiger partial charge in [0.1, 0.15) is 5.75 Å². The number of thioether (sulfide) groups is 1. The third-order valence-corrected chi connectivity index (χ3v) is 6.99. The van der Waals surface area contributed by atoms with Crippen molar-refractivity contribution in [3.63, 3.8) is 0 Å². The van der Waals surface area contributed by atoms with E-state index in [-0.39, 0.29) is 18.4 Å². The molecule has 3 aromatic rings. The topological polar surface area (TPSA) is 58.6 Å². The van der Waals surface area contributed by atoms with Crippen LogP contribution in [0.25, 0.3) is 6.08 Å². The first-order valence-electron chi connectivity index (χ1n) is 10.7. The zero-order valence-electron chi connectivity index (χ0n) is 18.6. The summed E-state index contributed by atoms with van der Waals surface area (Å²) >= 11 is 18.9. The molecule has 2 amide bonds. The zero-order valence-corrected chi connectivity index (χ0v) is 21.7. The Morgan fingerprint density at radius 1 is 1.09 bits per heavy atom. The van der Waals surface area contributed by atoms with Crippen molar-refractivity contribution in [3.8, 4) is 5.75 Å². The van der Waals surface area contributed by atoms with Gasteiger partial charge in [0.25, 0.3) is 11.8 Å². The van der Waals surface area contributed by atoms with Crippen LogP contribution in [0.3, 0.4) is 0 Å². The molecule has 0 bridgehead atoms. The first-order chi connectivity index (χ1) is 16.8. The predicted octanol–water partition coefficient (Wildman–Crippen LogP) is 6.98. The molecule has 9 heteroatoms. The van der Waals surface area contributed by atoms with Crippen LogP contribution >= 0.6 is 47.2 Å². The number of anilines is 2. The van der Waals surface area contributed by atoms with E-state index in [2.05, 4.69) is 12.2 Å². The molecule has 0 radical (unpaired) electrons. The lowest BCUT2D eigenvalue weighted by Gasteiger charge is -2.14. The van der Waals surface area contributed by atoms with Gasteiger partial charge in [-0.1, -0.05) is 72.3 Å². The quantitative estimate of drug-likeness (QED) is 0.257. The molecule has 1 fully saturated rings. The van der Waals surface area contributed by atoms with Gasteiger partial charge in [-0.05, 0) is 72.2 Å². The molecule has 0 atom stereocenters. The van der Waals surface area contributed by atoms with Crippen LogP contribution in [0.5, 0.6) is 5.75 Å². The van der Waals surface area contributed by atoms with Gasteiger partial charge in [0.05, 0.1) is 15.6 Å². The normalized spacial score (nSPS) is 14.5. The van der Waals surface area contributed by atoms with Crippen molar-refractivity contribution < 1.29 is 14.3 Å². The number of amides is 2. The minimum Gasteiger partial charge on any atom is -0.482 e. The van der Waals surface area contributed by atoms with E-state index in [1.54, 1.807) is 48.5 Å². The predicted molar refractivity (Wildman–Crippen MR) is 149 cm³/mol. The van der Waals surface area contributed by atoms with Gasteiger partial charge in [-0.2, -0.15) is 0 Å². The fraction of sp³-hybridized carbons (Fsp3) is 0.115. The number of thiocarbonyl (C=S) groups is 1. The fourth-order valence-corrected chi connectivity index (χ4v) is 4.99. The number of hydrogen-bond donors (Lipinski definition) is 1. The summed E-state index contributed by atoms with van der Waals surface area (Å²) < 4.78 is 6.02. The van der Waals surface area contributed by atoms with Crippen LogP contribution in [0.1, 0.15) is 18.1 Å². The minimum absolute atomic E-state index is 0.186. The maximum absolute atomic E-state index is 12.9. The molecule has 0 aliphatic carbocycles. The van der Waals surface area contributed by atoms with E-state index >= 15 is 0 Å². The van der Waals surface area contributed by atoms with Crippen molar-refractivity contribution in [1.82, 2.24) is 0 Å². The van der Waals surface area contributed by atoms with Crippen LogP contribution in [0.2, 0.25) is 10.0 Å². The highest BCUT2D eigenvalue weighted by atomic mass is 35.5. The Labute approximate surface area is 223 Å². The number of ether oxygens (including phenoxy) is 1. The molecule has 1 aliphatic rings. The average Bonchev–Trinajstić information content (AvgIpc) is 3.12. The lowest BCUT2D eigenvalue weighted by atomic mass is 10.1. The van der Waals surface area contributed by atoms with Crippen LogP contribution in [-0.2, 0) is 16.0 Å². The summed E-state index contributed by atoms with van der Waals surface area (Å²) in [7, 11) is 0. The van der Waals surface area contributed by atoms with Crippen LogP contribution < -0.4 is 15.0 Å². The van der Waals surface area contributed by atoms with Crippen molar-refractivity contribution in [2.75, 3.05) is 16.8 Å². The Kier molecular flexibility index (Phi) is 8.13. The van der Waals surface area contributed by atoms with Crippen molar-refractivity contribution in [3.05, 3.63) is 92.8 Å². The molecule has 0 saturated carbocycles. The summed E-state index contributed by atoms with van der Waals surface area (Å²) in [5.74, 6) is -0.142. The SMILES string of the molecule is CCc1ccc(NC(=O)COc2ccc(/C=C3\SC(=S)N(c4ccc(Cl)cc4)C3=O)cc2Cl)cc1. The highest BCUT2D eigenvalue weighted by Gasteiger charge is 2.33. The monoisotopic (exact) mass is 542 g/mol. The molecule has 5 nitrogen and oxygen atoms in total. The van der Waals surface area contributed by atoms with Crippen molar-refractivity contribution in [2.24, 2.45) is 0 Å².